The van der Waals surface area contributed by atoms with E-state index in [-0.39, 0.29) is 6.04 Å². The van der Waals surface area contributed by atoms with E-state index in [2.05, 4.69) is 24.5 Å². The highest BCUT2D eigenvalue weighted by atomic mass is 16.2. The normalized spacial score (nSPS) is 27.8. The van der Waals surface area contributed by atoms with Crippen molar-refractivity contribution in [2.45, 2.75) is 39.2 Å². The van der Waals surface area contributed by atoms with E-state index >= 15 is 0 Å². The van der Waals surface area contributed by atoms with E-state index in [4.69, 9.17) is 5.73 Å². The van der Waals surface area contributed by atoms with E-state index in [1.165, 1.54) is 0 Å². The number of rotatable bonds is 4. The van der Waals surface area contributed by atoms with Crippen LogP contribution >= 0.6 is 0 Å². The molecular formula is C12H23N3O2. The lowest BCUT2D eigenvalue weighted by atomic mass is 9.93. The molecule has 0 aromatic carbocycles. The molecule has 0 heterocycles. The van der Waals surface area contributed by atoms with Gasteiger partial charge in [0, 0.05) is 19.1 Å². The summed E-state index contributed by atoms with van der Waals surface area (Å²) in [5, 5.41) is 5.28. The predicted octanol–water partition coefficient (Wildman–Crippen LogP) is 0.00220. The summed E-state index contributed by atoms with van der Waals surface area (Å²) in [6, 6.07) is 0.135. The van der Waals surface area contributed by atoms with Gasteiger partial charge in [-0.2, -0.15) is 0 Å². The average Bonchev–Trinajstić information content (AvgIpc) is 2.67. The Kier molecular flexibility index (Phi) is 5.41. The minimum absolute atomic E-state index is 0.135. The molecule has 0 aromatic heterocycles. The summed E-state index contributed by atoms with van der Waals surface area (Å²) in [6.45, 7) is 4.99. The molecule has 1 fully saturated rings. The molecule has 1 aliphatic rings. The molecule has 1 rings (SSSR count). The second-order valence-corrected chi connectivity index (χ2v) is 4.73. The summed E-state index contributed by atoms with van der Waals surface area (Å²) < 4.78 is 0. The Labute approximate surface area is 103 Å². The molecular weight excluding hydrogens is 218 g/mol. The fraction of sp³-hybridized carbons (Fsp3) is 0.833. The van der Waals surface area contributed by atoms with Gasteiger partial charge in [-0.25, -0.2) is 0 Å². The van der Waals surface area contributed by atoms with E-state index in [1.54, 1.807) is 0 Å². The number of carbonyl (C=O) groups excluding carboxylic acids is 2. The molecule has 1 aliphatic carbocycles. The third kappa shape index (κ3) is 3.70. The topological polar surface area (TPSA) is 84.2 Å². The van der Waals surface area contributed by atoms with Crippen molar-refractivity contribution in [2.75, 3.05) is 13.1 Å². The SMILES string of the molecule is CCC1CCC(NC(=O)C(=O)NCCN)C1C. The van der Waals surface area contributed by atoms with Gasteiger partial charge in [-0.1, -0.05) is 20.3 Å². The fourth-order valence-corrected chi connectivity index (χ4v) is 2.53. The van der Waals surface area contributed by atoms with Crippen molar-refractivity contribution in [3.8, 4) is 0 Å². The van der Waals surface area contributed by atoms with Crippen LogP contribution in [0.2, 0.25) is 0 Å². The van der Waals surface area contributed by atoms with Gasteiger partial charge in [0.25, 0.3) is 0 Å². The minimum atomic E-state index is -0.581. The van der Waals surface area contributed by atoms with Gasteiger partial charge in [0.2, 0.25) is 0 Å². The molecule has 4 N–H and O–H groups in total. The number of amides is 2. The van der Waals surface area contributed by atoms with Gasteiger partial charge in [0.1, 0.15) is 0 Å². The first kappa shape index (κ1) is 14.0. The highest BCUT2D eigenvalue weighted by Crippen LogP contribution is 2.33. The lowest BCUT2D eigenvalue weighted by Crippen LogP contribution is -2.46. The van der Waals surface area contributed by atoms with Crippen LogP contribution in [-0.4, -0.2) is 30.9 Å². The first-order chi connectivity index (χ1) is 8.10. The Balaban J connectivity index is 2.39. The van der Waals surface area contributed by atoms with Crippen LogP contribution in [0, 0.1) is 11.8 Å². The molecule has 0 bridgehead atoms. The van der Waals surface area contributed by atoms with Crippen LogP contribution < -0.4 is 16.4 Å². The van der Waals surface area contributed by atoms with Crippen LogP contribution in [0.15, 0.2) is 0 Å². The lowest BCUT2D eigenvalue weighted by molar-refractivity contribution is -0.139. The molecule has 3 atom stereocenters. The molecule has 1 saturated carbocycles. The van der Waals surface area contributed by atoms with Crippen molar-refractivity contribution < 1.29 is 9.59 Å². The van der Waals surface area contributed by atoms with E-state index < -0.39 is 11.8 Å². The zero-order chi connectivity index (χ0) is 12.8. The number of hydrogen-bond donors (Lipinski definition) is 3. The molecule has 2 amide bonds. The zero-order valence-electron chi connectivity index (χ0n) is 10.7. The smallest absolute Gasteiger partial charge is 0.309 e. The summed E-state index contributed by atoms with van der Waals surface area (Å²) in [5.41, 5.74) is 5.25. The molecule has 98 valence electrons. The van der Waals surface area contributed by atoms with Gasteiger partial charge >= 0.3 is 11.8 Å². The van der Waals surface area contributed by atoms with Crippen LogP contribution in [0.4, 0.5) is 0 Å². The number of carbonyl (C=O) groups is 2. The van der Waals surface area contributed by atoms with Gasteiger partial charge in [-0.3, -0.25) is 9.59 Å². The molecule has 0 aromatic rings. The highest BCUT2D eigenvalue weighted by molar-refractivity contribution is 6.35. The first-order valence-electron chi connectivity index (χ1n) is 6.38. The first-order valence-corrected chi connectivity index (χ1v) is 6.38. The average molecular weight is 241 g/mol. The van der Waals surface area contributed by atoms with E-state index in [9.17, 15) is 9.59 Å². The quantitative estimate of drug-likeness (QED) is 0.606. The molecule has 0 spiro atoms. The summed E-state index contributed by atoms with van der Waals surface area (Å²) in [5.74, 6) is -0.00619. The maximum absolute atomic E-state index is 11.6. The molecule has 0 radical (unpaired) electrons. The third-order valence-corrected chi connectivity index (χ3v) is 3.70. The Morgan fingerprint density at radius 2 is 2.00 bits per heavy atom. The van der Waals surface area contributed by atoms with Crippen molar-refractivity contribution in [1.82, 2.24) is 10.6 Å². The van der Waals surface area contributed by atoms with E-state index in [0.29, 0.717) is 24.9 Å². The minimum Gasteiger partial charge on any atom is -0.347 e. The largest absolute Gasteiger partial charge is 0.347 e. The molecule has 5 heteroatoms. The van der Waals surface area contributed by atoms with Crippen LogP contribution in [0.25, 0.3) is 0 Å². The van der Waals surface area contributed by atoms with Gasteiger partial charge in [0.15, 0.2) is 0 Å². The van der Waals surface area contributed by atoms with Crippen LogP contribution in [0.5, 0.6) is 0 Å². The Morgan fingerprint density at radius 3 is 2.53 bits per heavy atom. The summed E-state index contributed by atoms with van der Waals surface area (Å²) in [4.78, 5) is 23.0. The van der Waals surface area contributed by atoms with Gasteiger partial charge in [0.05, 0.1) is 0 Å². The lowest BCUT2D eigenvalue weighted by Gasteiger charge is -2.20. The van der Waals surface area contributed by atoms with Crippen molar-refractivity contribution >= 4 is 11.8 Å². The van der Waals surface area contributed by atoms with Crippen LogP contribution in [0.1, 0.15) is 33.1 Å². The van der Waals surface area contributed by atoms with Crippen molar-refractivity contribution in [2.24, 2.45) is 17.6 Å². The van der Waals surface area contributed by atoms with Gasteiger partial charge in [-0.05, 0) is 24.7 Å². The summed E-state index contributed by atoms with van der Waals surface area (Å²) in [7, 11) is 0. The van der Waals surface area contributed by atoms with Gasteiger partial charge in [-0.15, -0.1) is 0 Å². The molecule has 0 aliphatic heterocycles. The van der Waals surface area contributed by atoms with Crippen molar-refractivity contribution in [1.29, 1.82) is 0 Å². The standard InChI is InChI=1S/C12H23N3O2/c1-3-9-4-5-10(8(9)2)15-12(17)11(16)14-7-6-13/h8-10H,3-7,13H2,1-2H3,(H,14,16)(H,15,17). The second-order valence-electron chi connectivity index (χ2n) is 4.73. The molecule has 0 saturated heterocycles. The van der Waals surface area contributed by atoms with Crippen molar-refractivity contribution in [3.63, 3.8) is 0 Å². The van der Waals surface area contributed by atoms with E-state index in [1.807, 2.05) is 0 Å². The number of hydrogen-bond acceptors (Lipinski definition) is 3. The molecule has 17 heavy (non-hydrogen) atoms. The summed E-state index contributed by atoms with van der Waals surface area (Å²) in [6.07, 6.45) is 3.23. The van der Waals surface area contributed by atoms with Crippen LogP contribution in [-0.2, 0) is 9.59 Å². The summed E-state index contributed by atoms with van der Waals surface area (Å²) >= 11 is 0. The number of nitrogens with two attached hydrogens (primary N) is 1. The maximum atomic E-state index is 11.6. The Bertz CT molecular complexity index is 281. The highest BCUT2D eigenvalue weighted by Gasteiger charge is 2.33. The Morgan fingerprint density at radius 1 is 1.29 bits per heavy atom. The fourth-order valence-electron chi connectivity index (χ4n) is 2.53. The monoisotopic (exact) mass is 241 g/mol. The predicted molar refractivity (Wildman–Crippen MR) is 66.2 cm³/mol. The molecule has 5 nitrogen and oxygen atoms in total. The maximum Gasteiger partial charge on any atom is 0.309 e. The third-order valence-electron chi connectivity index (χ3n) is 3.70. The van der Waals surface area contributed by atoms with Crippen molar-refractivity contribution in [3.05, 3.63) is 0 Å². The van der Waals surface area contributed by atoms with Gasteiger partial charge < -0.3 is 16.4 Å². The molecule has 3 unspecified atom stereocenters. The van der Waals surface area contributed by atoms with Crippen LogP contribution in [0.3, 0.4) is 0 Å². The zero-order valence-corrected chi connectivity index (χ0v) is 10.7. The second kappa shape index (κ2) is 6.59. The van der Waals surface area contributed by atoms with E-state index in [0.717, 1.165) is 19.3 Å². The number of nitrogens with one attached hydrogen (secondary N) is 2. The Hall–Kier alpha value is -1.10.